The Morgan fingerprint density at radius 3 is 2.81 bits per heavy atom. The fraction of sp³-hybridized carbons (Fsp3) is 0.462. The van der Waals surface area contributed by atoms with Crippen LogP contribution in [0.2, 0.25) is 0 Å². The van der Waals surface area contributed by atoms with E-state index in [1.807, 2.05) is 13.8 Å². The molecule has 3 heteroatoms. The fourth-order valence-corrected chi connectivity index (χ4v) is 1.73. The maximum Gasteiger partial charge on any atom is 0.125 e. The van der Waals surface area contributed by atoms with Crippen LogP contribution < -0.4 is 5.32 Å². The molecular weight excluding hydrogens is 203 g/mol. The molecule has 0 amide bonds. The highest BCUT2D eigenvalue weighted by molar-refractivity contribution is 5.84. The lowest BCUT2D eigenvalue weighted by molar-refractivity contribution is 0.625. The second kappa shape index (κ2) is 4.34. The van der Waals surface area contributed by atoms with Gasteiger partial charge >= 0.3 is 0 Å². The van der Waals surface area contributed by atoms with Crippen LogP contribution >= 0.6 is 0 Å². The van der Waals surface area contributed by atoms with Crippen LogP contribution in [-0.4, -0.2) is 12.3 Å². The van der Waals surface area contributed by atoms with Gasteiger partial charge in [0.05, 0.1) is 5.69 Å². The fourth-order valence-electron chi connectivity index (χ4n) is 1.73. The molecule has 1 heterocycles. The lowest BCUT2D eigenvalue weighted by Gasteiger charge is -2.08. The summed E-state index contributed by atoms with van der Waals surface area (Å²) in [5, 5.41) is 3.20. The highest BCUT2D eigenvalue weighted by Gasteiger charge is 2.25. The van der Waals surface area contributed by atoms with E-state index in [9.17, 15) is 4.39 Å². The third-order valence-electron chi connectivity index (χ3n) is 2.99. The van der Waals surface area contributed by atoms with Crippen LogP contribution in [0.15, 0.2) is 17.1 Å². The van der Waals surface area contributed by atoms with Crippen LogP contribution in [0.3, 0.4) is 0 Å². The van der Waals surface area contributed by atoms with E-state index in [-0.39, 0.29) is 5.82 Å². The van der Waals surface area contributed by atoms with E-state index in [0.717, 1.165) is 35.5 Å². The van der Waals surface area contributed by atoms with Crippen molar-refractivity contribution < 1.29 is 4.39 Å². The van der Waals surface area contributed by atoms with Crippen molar-refractivity contribution in [3.63, 3.8) is 0 Å². The Kier molecular flexibility index (Phi) is 3.06. The first-order valence-corrected chi connectivity index (χ1v) is 5.69. The van der Waals surface area contributed by atoms with Crippen LogP contribution in [-0.2, 0) is 0 Å². The van der Waals surface area contributed by atoms with Crippen molar-refractivity contribution in [2.45, 2.75) is 33.2 Å². The molecule has 86 valence electrons. The number of rotatable bonds is 3. The van der Waals surface area contributed by atoms with Gasteiger partial charge in [0.2, 0.25) is 0 Å². The highest BCUT2D eigenvalue weighted by Crippen LogP contribution is 2.32. The van der Waals surface area contributed by atoms with Crippen molar-refractivity contribution in [1.82, 2.24) is 5.32 Å². The molecule has 1 aliphatic rings. The molecular formula is C13H17FN2. The molecule has 16 heavy (non-hydrogen) atoms. The molecule has 0 aliphatic carbocycles. The molecule has 1 unspecified atom stereocenters. The molecule has 0 radical (unpaired) electrons. The normalized spacial score (nSPS) is 20.0. The molecule has 1 atom stereocenters. The number of halogens is 1. The zero-order valence-electron chi connectivity index (χ0n) is 9.97. The van der Waals surface area contributed by atoms with Crippen LogP contribution in [0.4, 0.5) is 10.1 Å². The van der Waals surface area contributed by atoms with Crippen molar-refractivity contribution in [2.24, 2.45) is 4.99 Å². The smallest absolute Gasteiger partial charge is 0.125 e. The summed E-state index contributed by atoms with van der Waals surface area (Å²) < 4.78 is 13.5. The number of hydrogen-bond donors (Lipinski definition) is 1. The Morgan fingerprint density at radius 2 is 2.25 bits per heavy atom. The van der Waals surface area contributed by atoms with Crippen LogP contribution in [0.5, 0.6) is 0 Å². The number of nitrogens with zero attached hydrogens (tertiary/aromatic N) is 1. The number of benzene rings is 1. The molecule has 0 aromatic heterocycles. The van der Waals surface area contributed by atoms with Crippen molar-refractivity contribution >= 4 is 11.4 Å². The van der Waals surface area contributed by atoms with Gasteiger partial charge in [-0.2, -0.15) is 0 Å². The van der Waals surface area contributed by atoms with Gasteiger partial charge in [-0.25, -0.2) is 4.39 Å². The summed E-state index contributed by atoms with van der Waals surface area (Å²) in [6.45, 7) is 6.98. The van der Waals surface area contributed by atoms with Gasteiger partial charge in [-0.1, -0.05) is 6.92 Å². The van der Waals surface area contributed by atoms with Crippen LogP contribution in [0.1, 0.15) is 37.4 Å². The Morgan fingerprint density at radius 1 is 1.56 bits per heavy atom. The first kappa shape index (κ1) is 11.3. The van der Waals surface area contributed by atoms with Crippen LogP contribution in [0, 0.1) is 12.7 Å². The van der Waals surface area contributed by atoms with E-state index in [1.54, 1.807) is 6.07 Å². The van der Waals surface area contributed by atoms with E-state index in [4.69, 9.17) is 0 Å². The maximum atomic E-state index is 13.5. The Balaban J connectivity index is 2.44. The lowest BCUT2D eigenvalue weighted by atomic mass is 10.0. The minimum atomic E-state index is -0.197. The number of nitrogens with one attached hydrogen (secondary N) is 1. The molecule has 1 aromatic carbocycles. The van der Waals surface area contributed by atoms with Gasteiger partial charge in [-0.3, -0.25) is 4.99 Å². The van der Waals surface area contributed by atoms with Gasteiger partial charge in [-0.15, -0.1) is 0 Å². The third kappa shape index (κ3) is 2.30. The average Bonchev–Trinajstić information content (AvgIpc) is 3.06. The van der Waals surface area contributed by atoms with Gasteiger partial charge in [-0.05, 0) is 43.5 Å². The van der Waals surface area contributed by atoms with Crippen LogP contribution in [0.25, 0.3) is 0 Å². The van der Waals surface area contributed by atoms with E-state index >= 15 is 0 Å². The third-order valence-corrected chi connectivity index (χ3v) is 2.99. The monoisotopic (exact) mass is 220 g/mol. The molecule has 2 rings (SSSR count). The van der Waals surface area contributed by atoms with Crippen molar-refractivity contribution in [2.75, 3.05) is 6.54 Å². The summed E-state index contributed by atoms with van der Waals surface area (Å²) in [4.78, 5) is 4.46. The molecule has 0 bridgehead atoms. The van der Waals surface area contributed by atoms with Gasteiger partial charge < -0.3 is 5.32 Å². The topological polar surface area (TPSA) is 34.3 Å². The van der Waals surface area contributed by atoms with Crippen molar-refractivity contribution in [1.29, 1.82) is 0 Å². The highest BCUT2D eigenvalue weighted by atomic mass is 19.1. The lowest BCUT2D eigenvalue weighted by Crippen LogP contribution is -1.94. The zero-order valence-corrected chi connectivity index (χ0v) is 9.97. The predicted molar refractivity (Wildman–Crippen MR) is 64.9 cm³/mol. The zero-order chi connectivity index (χ0) is 11.7. The second-order valence-electron chi connectivity index (χ2n) is 4.30. The van der Waals surface area contributed by atoms with Gasteiger partial charge in [0.25, 0.3) is 0 Å². The second-order valence-corrected chi connectivity index (χ2v) is 4.30. The number of aliphatic imine (C=N–C) groups is 1. The number of hydrogen-bond acceptors (Lipinski definition) is 2. The van der Waals surface area contributed by atoms with Gasteiger partial charge in [0.1, 0.15) is 5.82 Å². The average molecular weight is 220 g/mol. The van der Waals surface area contributed by atoms with Gasteiger partial charge in [0, 0.05) is 18.3 Å². The quantitative estimate of drug-likeness (QED) is 0.615. The molecule has 1 saturated heterocycles. The Labute approximate surface area is 95.6 Å². The Hall–Kier alpha value is -1.22. The molecule has 1 aromatic rings. The van der Waals surface area contributed by atoms with E-state index in [0.29, 0.717) is 6.04 Å². The summed E-state index contributed by atoms with van der Waals surface area (Å²) in [5.74, 6) is -0.197. The summed E-state index contributed by atoms with van der Waals surface area (Å²) in [7, 11) is 0. The summed E-state index contributed by atoms with van der Waals surface area (Å²) in [6.07, 6.45) is 0.896. The predicted octanol–water partition coefficient (Wildman–Crippen LogP) is 3.28. The first-order valence-electron chi connectivity index (χ1n) is 5.69. The Bertz CT molecular complexity index is 434. The minimum Gasteiger partial charge on any atom is -0.307 e. The molecule has 0 spiro atoms. The minimum absolute atomic E-state index is 0.197. The van der Waals surface area contributed by atoms with E-state index in [1.165, 1.54) is 6.07 Å². The van der Waals surface area contributed by atoms with Gasteiger partial charge in [0.15, 0.2) is 0 Å². The summed E-state index contributed by atoms with van der Waals surface area (Å²) in [6, 6.07) is 3.45. The summed E-state index contributed by atoms with van der Waals surface area (Å²) >= 11 is 0. The maximum absolute atomic E-state index is 13.5. The molecule has 1 aliphatic heterocycles. The molecule has 0 saturated carbocycles. The van der Waals surface area contributed by atoms with E-state index < -0.39 is 0 Å². The largest absolute Gasteiger partial charge is 0.307 e. The van der Waals surface area contributed by atoms with Crippen molar-refractivity contribution in [3.05, 3.63) is 29.1 Å². The molecule has 1 fully saturated rings. The SMILES string of the molecule is CC/C(C)=N\c1cc(F)cc(C2CN2)c1C. The molecule has 2 nitrogen and oxygen atoms in total. The molecule has 1 N–H and O–H groups in total. The first-order chi connectivity index (χ1) is 7.61. The van der Waals surface area contributed by atoms with Crippen molar-refractivity contribution in [3.8, 4) is 0 Å². The summed E-state index contributed by atoms with van der Waals surface area (Å²) in [5.41, 5.74) is 3.93. The van der Waals surface area contributed by atoms with E-state index in [2.05, 4.69) is 17.2 Å². The standard InChI is InChI=1S/C13H17FN2/c1-4-8(2)16-12-6-10(14)5-11(9(12)3)13-7-15-13/h5-6,13,15H,4,7H2,1-3H3/b16-8-.